The molecule has 0 atom stereocenters. The Morgan fingerprint density at radius 2 is 1.52 bits per heavy atom. The first-order valence-corrected chi connectivity index (χ1v) is 8.56. The summed E-state index contributed by atoms with van der Waals surface area (Å²) in [6, 6.07) is 6.40. The van der Waals surface area contributed by atoms with Crippen LogP contribution in [-0.2, 0) is 0 Å². The normalized spacial score (nSPS) is 21.0. The Kier molecular flexibility index (Phi) is 5.26. The van der Waals surface area contributed by atoms with Crippen molar-refractivity contribution >= 4 is 0 Å². The summed E-state index contributed by atoms with van der Waals surface area (Å²) >= 11 is 0. The molecule has 1 saturated carbocycles. The van der Waals surface area contributed by atoms with Gasteiger partial charge < -0.3 is 0 Å². The third-order valence-electron chi connectivity index (χ3n) is 5.00. The van der Waals surface area contributed by atoms with E-state index in [9.17, 15) is 17.6 Å². The first kappa shape index (κ1) is 17.7. The quantitative estimate of drug-likeness (QED) is 0.317. The monoisotopic (exact) mass is 350 g/mol. The molecule has 0 N–H and O–H groups in total. The van der Waals surface area contributed by atoms with Crippen LogP contribution in [0.5, 0.6) is 0 Å². The van der Waals surface area contributed by atoms with Gasteiger partial charge in [-0.25, -0.2) is 17.6 Å². The molecule has 0 aliphatic heterocycles. The maximum atomic E-state index is 14.5. The Labute approximate surface area is 146 Å². The minimum absolute atomic E-state index is 0. The topological polar surface area (TPSA) is 0 Å². The van der Waals surface area contributed by atoms with E-state index in [0.717, 1.165) is 43.4 Å². The summed E-state index contributed by atoms with van der Waals surface area (Å²) in [5, 5.41) is 0. The minimum atomic E-state index is -1.54. The average molecular weight is 350 g/mol. The molecule has 0 unspecified atom stereocenters. The molecule has 1 aliphatic carbocycles. The van der Waals surface area contributed by atoms with Crippen molar-refractivity contribution in [3.63, 3.8) is 0 Å². The van der Waals surface area contributed by atoms with Gasteiger partial charge in [0.25, 0.3) is 0 Å². The Morgan fingerprint density at radius 1 is 0.880 bits per heavy atom. The summed E-state index contributed by atoms with van der Waals surface area (Å²) in [5.41, 5.74) is 0.977. The van der Waals surface area contributed by atoms with Crippen LogP contribution in [0.2, 0.25) is 0 Å². The van der Waals surface area contributed by atoms with Gasteiger partial charge in [-0.2, -0.15) is 0 Å². The number of hydrogen-bond donors (Lipinski definition) is 0. The number of halogens is 4. The lowest BCUT2D eigenvalue weighted by Gasteiger charge is -2.27. The molecule has 0 amide bonds. The average Bonchev–Trinajstić information content (AvgIpc) is 2.60. The SMILES string of the molecule is C/C=C/C1CCC(c2ccc(-c3cc(F)c(F)c(F)c3)c(F)c2)CC1.[HH]. The highest BCUT2D eigenvalue weighted by atomic mass is 19.2. The second-order valence-corrected chi connectivity index (χ2v) is 6.63. The molecule has 2 aromatic rings. The zero-order valence-corrected chi connectivity index (χ0v) is 14.0. The van der Waals surface area contributed by atoms with Crippen molar-refractivity contribution in [1.82, 2.24) is 0 Å². The van der Waals surface area contributed by atoms with Crippen molar-refractivity contribution in [2.24, 2.45) is 5.92 Å². The number of hydrogen-bond acceptors (Lipinski definition) is 0. The number of benzene rings is 2. The molecule has 3 rings (SSSR count). The van der Waals surface area contributed by atoms with Gasteiger partial charge in [-0.1, -0.05) is 24.3 Å². The molecular formula is C21H22F4. The molecule has 0 radical (unpaired) electrons. The van der Waals surface area contributed by atoms with Crippen LogP contribution in [0.15, 0.2) is 42.5 Å². The zero-order valence-electron chi connectivity index (χ0n) is 14.0. The van der Waals surface area contributed by atoms with Crippen molar-refractivity contribution in [1.29, 1.82) is 0 Å². The molecule has 134 valence electrons. The van der Waals surface area contributed by atoms with Crippen molar-refractivity contribution in [3.8, 4) is 11.1 Å². The molecular weight excluding hydrogens is 328 g/mol. The molecule has 0 bridgehead atoms. The van der Waals surface area contributed by atoms with E-state index < -0.39 is 23.3 Å². The summed E-state index contributed by atoms with van der Waals surface area (Å²) < 4.78 is 54.3. The van der Waals surface area contributed by atoms with Gasteiger partial charge in [0.1, 0.15) is 5.82 Å². The molecule has 0 spiro atoms. The van der Waals surface area contributed by atoms with Gasteiger partial charge in [-0.15, -0.1) is 0 Å². The van der Waals surface area contributed by atoms with Gasteiger partial charge in [0.2, 0.25) is 0 Å². The van der Waals surface area contributed by atoms with Crippen LogP contribution < -0.4 is 0 Å². The summed E-state index contributed by atoms with van der Waals surface area (Å²) in [6.45, 7) is 2.02. The third-order valence-corrected chi connectivity index (χ3v) is 5.00. The Hall–Kier alpha value is -2.10. The predicted octanol–water partition coefficient (Wildman–Crippen LogP) is 7.01. The lowest BCUT2D eigenvalue weighted by Crippen LogP contribution is -2.12. The minimum Gasteiger partial charge on any atom is -0.206 e. The summed E-state index contributed by atoms with van der Waals surface area (Å²) in [4.78, 5) is 0. The van der Waals surface area contributed by atoms with Crippen LogP contribution in [0.25, 0.3) is 11.1 Å². The first-order chi connectivity index (χ1) is 12.0. The molecule has 0 heterocycles. The van der Waals surface area contributed by atoms with E-state index in [1.165, 1.54) is 12.1 Å². The van der Waals surface area contributed by atoms with Crippen LogP contribution in [0, 0.1) is 29.2 Å². The fourth-order valence-corrected chi connectivity index (χ4v) is 3.65. The highest BCUT2D eigenvalue weighted by Gasteiger charge is 2.22. The Bertz CT molecular complexity index is 770. The standard InChI is InChI=1S/C21H20F4.H2/c1-2-3-13-4-6-14(7-5-13)15-8-9-17(18(22)10-15)16-11-19(23)21(25)20(24)12-16;/h2-3,8-14H,4-7H2,1H3;1H/b3-2+;. The van der Waals surface area contributed by atoms with Crippen molar-refractivity contribution in [2.75, 3.05) is 0 Å². The Morgan fingerprint density at radius 3 is 2.08 bits per heavy atom. The van der Waals surface area contributed by atoms with Gasteiger partial charge in [0, 0.05) is 6.99 Å². The van der Waals surface area contributed by atoms with E-state index in [-0.39, 0.29) is 12.6 Å². The van der Waals surface area contributed by atoms with Gasteiger partial charge in [0.05, 0.1) is 0 Å². The summed E-state index contributed by atoms with van der Waals surface area (Å²) in [5.74, 6) is -3.83. The van der Waals surface area contributed by atoms with Crippen LogP contribution in [0.3, 0.4) is 0 Å². The molecule has 2 aromatic carbocycles. The number of rotatable bonds is 3. The van der Waals surface area contributed by atoms with Crippen LogP contribution in [0.4, 0.5) is 17.6 Å². The first-order valence-electron chi connectivity index (χ1n) is 8.56. The van der Waals surface area contributed by atoms with E-state index in [2.05, 4.69) is 12.2 Å². The fraction of sp³-hybridized carbons (Fsp3) is 0.333. The molecule has 1 aliphatic rings. The van der Waals surface area contributed by atoms with E-state index in [4.69, 9.17) is 0 Å². The van der Waals surface area contributed by atoms with Crippen LogP contribution in [-0.4, -0.2) is 0 Å². The second-order valence-electron chi connectivity index (χ2n) is 6.63. The second kappa shape index (κ2) is 7.42. The Balaban J connectivity index is 0.00000243. The van der Waals surface area contributed by atoms with Crippen LogP contribution >= 0.6 is 0 Å². The third kappa shape index (κ3) is 3.78. The highest BCUT2D eigenvalue weighted by Crippen LogP contribution is 2.37. The van der Waals surface area contributed by atoms with E-state index >= 15 is 0 Å². The van der Waals surface area contributed by atoms with E-state index in [0.29, 0.717) is 11.8 Å². The lowest BCUT2D eigenvalue weighted by molar-refractivity contribution is 0.375. The molecule has 0 aromatic heterocycles. The number of allylic oxidation sites excluding steroid dienone is 2. The smallest absolute Gasteiger partial charge is 0.194 e. The lowest BCUT2D eigenvalue weighted by atomic mass is 9.78. The zero-order chi connectivity index (χ0) is 18.0. The van der Waals surface area contributed by atoms with E-state index in [1.807, 2.05) is 6.92 Å². The van der Waals surface area contributed by atoms with Crippen molar-refractivity contribution in [2.45, 2.75) is 38.5 Å². The van der Waals surface area contributed by atoms with Gasteiger partial charge in [-0.05, 0) is 73.8 Å². The molecule has 1 fully saturated rings. The summed E-state index contributed by atoms with van der Waals surface area (Å²) in [7, 11) is 0. The molecule has 4 heteroatoms. The van der Waals surface area contributed by atoms with Crippen LogP contribution in [0.1, 0.15) is 45.5 Å². The van der Waals surface area contributed by atoms with Crippen molar-refractivity contribution in [3.05, 3.63) is 71.3 Å². The van der Waals surface area contributed by atoms with E-state index in [1.54, 1.807) is 6.07 Å². The largest absolute Gasteiger partial charge is 0.206 e. The predicted molar refractivity (Wildman–Crippen MR) is 93.3 cm³/mol. The summed E-state index contributed by atoms with van der Waals surface area (Å²) in [6.07, 6.45) is 8.43. The maximum absolute atomic E-state index is 14.5. The van der Waals surface area contributed by atoms with Crippen molar-refractivity contribution < 1.29 is 19.0 Å². The maximum Gasteiger partial charge on any atom is 0.194 e. The van der Waals surface area contributed by atoms with Gasteiger partial charge >= 0.3 is 0 Å². The van der Waals surface area contributed by atoms with Gasteiger partial charge in [-0.3, -0.25) is 0 Å². The fourth-order valence-electron chi connectivity index (χ4n) is 3.65. The van der Waals surface area contributed by atoms with Gasteiger partial charge in [0.15, 0.2) is 17.5 Å². The molecule has 25 heavy (non-hydrogen) atoms. The molecule has 0 nitrogen and oxygen atoms in total. The highest BCUT2D eigenvalue weighted by molar-refractivity contribution is 5.65. The molecule has 0 saturated heterocycles.